The molecule has 0 aliphatic carbocycles. The van der Waals surface area contributed by atoms with Gasteiger partial charge in [0.25, 0.3) is 0 Å². The van der Waals surface area contributed by atoms with Crippen LogP contribution in [-0.4, -0.2) is 5.78 Å². The highest BCUT2D eigenvalue weighted by Gasteiger charge is 2.29. The highest BCUT2D eigenvalue weighted by atomic mass is 16.1. The van der Waals surface area contributed by atoms with E-state index in [0.29, 0.717) is 18.1 Å². The van der Waals surface area contributed by atoms with Crippen LogP contribution in [0.2, 0.25) is 0 Å². The quantitative estimate of drug-likeness (QED) is 0.712. The van der Waals surface area contributed by atoms with E-state index in [0.717, 1.165) is 18.4 Å². The maximum atomic E-state index is 12.4. The lowest BCUT2D eigenvalue weighted by atomic mass is 9.77. The van der Waals surface area contributed by atoms with Crippen molar-refractivity contribution in [3.63, 3.8) is 0 Å². The molecule has 94 valence electrons. The predicted molar refractivity (Wildman–Crippen MR) is 73.2 cm³/mol. The van der Waals surface area contributed by atoms with Gasteiger partial charge in [0.15, 0.2) is 0 Å². The number of rotatable bonds is 6. The van der Waals surface area contributed by atoms with E-state index in [4.69, 9.17) is 0 Å². The summed E-state index contributed by atoms with van der Waals surface area (Å²) in [6, 6.07) is 10.1. The Hall–Kier alpha value is -1.11. The van der Waals surface area contributed by atoms with Crippen LogP contribution in [0.5, 0.6) is 0 Å². The van der Waals surface area contributed by atoms with Gasteiger partial charge < -0.3 is 0 Å². The molecule has 17 heavy (non-hydrogen) atoms. The zero-order valence-corrected chi connectivity index (χ0v) is 11.5. The largest absolute Gasteiger partial charge is 0.299 e. The van der Waals surface area contributed by atoms with Crippen LogP contribution in [0.25, 0.3) is 0 Å². The Morgan fingerprint density at radius 2 is 1.82 bits per heavy atom. The normalized spacial score (nSPS) is 13.4. The summed E-state index contributed by atoms with van der Waals surface area (Å²) in [5, 5.41) is 0. The van der Waals surface area contributed by atoms with Gasteiger partial charge in [0.05, 0.1) is 0 Å². The van der Waals surface area contributed by atoms with Gasteiger partial charge in [0.1, 0.15) is 5.78 Å². The molecule has 0 fully saturated rings. The van der Waals surface area contributed by atoms with Gasteiger partial charge in [0.2, 0.25) is 0 Å². The van der Waals surface area contributed by atoms with Crippen molar-refractivity contribution in [3.8, 4) is 0 Å². The second-order valence-corrected chi connectivity index (χ2v) is 5.51. The molecule has 0 heterocycles. The summed E-state index contributed by atoms with van der Waals surface area (Å²) in [5.74, 6) is 0.847. The molecular weight excluding hydrogens is 208 g/mol. The van der Waals surface area contributed by atoms with Gasteiger partial charge in [-0.1, -0.05) is 57.0 Å². The monoisotopic (exact) mass is 232 g/mol. The molecule has 0 saturated heterocycles. The fourth-order valence-electron chi connectivity index (χ4n) is 2.18. The van der Waals surface area contributed by atoms with E-state index in [1.54, 1.807) is 0 Å². The van der Waals surface area contributed by atoms with E-state index in [-0.39, 0.29) is 5.41 Å². The maximum Gasteiger partial charge on any atom is 0.143 e. The summed E-state index contributed by atoms with van der Waals surface area (Å²) in [5.41, 5.74) is 0.761. The Bertz CT molecular complexity index is 351. The number of ketones is 1. The van der Waals surface area contributed by atoms with Crippen molar-refractivity contribution >= 4 is 5.78 Å². The Balaban J connectivity index is 2.74. The molecule has 1 atom stereocenters. The molecule has 0 aliphatic rings. The number of hydrogen-bond acceptors (Lipinski definition) is 1. The third-order valence-electron chi connectivity index (χ3n) is 3.51. The standard InChI is InChI=1S/C16H24O/c1-5-9-13(2)12-15(17)16(3,4)14-10-7-6-8-11-14/h6-8,10-11,13H,5,9,12H2,1-4H3. The van der Waals surface area contributed by atoms with Crippen molar-refractivity contribution in [3.05, 3.63) is 35.9 Å². The molecule has 0 aromatic heterocycles. The van der Waals surface area contributed by atoms with Gasteiger partial charge in [0, 0.05) is 11.8 Å². The average molecular weight is 232 g/mol. The van der Waals surface area contributed by atoms with Crippen LogP contribution in [0.3, 0.4) is 0 Å². The van der Waals surface area contributed by atoms with Crippen LogP contribution >= 0.6 is 0 Å². The molecular formula is C16H24O. The van der Waals surface area contributed by atoms with Gasteiger partial charge in [-0.15, -0.1) is 0 Å². The Kier molecular flexibility index (Phi) is 4.92. The van der Waals surface area contributed by atoms with Crippen molar-refractivity contribution in [2.75, 3.05) is 0 Å². The minimum absolute atomic E-state index is 0.352. The molecule has 1 unspecified atom stereocenters. The van der Waals surface area contributed by atoms with Gasteiger partial charge in [-0.05, 0) is 25.3 Å². The van der Waals surface area contributed by atoms with E-state index in [9.17, 15) is 4.79 Å². The van der Waals surface area contributed by atoms with E-state index in [2.05, 4.69) is 13.8 Å². The molecule has 0 bridgehead atoms. The van der Waals surface area contributed by atoms with E-state index >= 15 is 0 Å². The van der Waals surface area contributed by atoms with Crippen molar-refractivity contribution in [2.45, 2.75) is 52.4 Å². The fraction of sp³-hybridized carbons (Fsp3) is 0.562. The third-order valence-corrected chi connectivity index (χ3v) is 3.51. The van der Waals surface area contributed by atoms with E-state index < -0.39 is 0 Å². The first-order valence-electron chi connectivity index (χ1n) is 6.57. The SMILES string of the molecule is CCCC(C)CC(=O)C(C)(C)c1ccccc1. The first-order valence-corrected chi connectivity index (χ1v) is 6.57. The average Bonchev–Trinajstić information content (AvgIpc) is 2.30. The lowest BCUT2D eigenvalue weighted by Gasteiger charge is -2.25. The van der Waals surface area contributed by atoms with Crippen LogP contribution in [0.1, 0.15) is 52.5 Å². The highest BCUT2D eigenvalue weighted by molar-refractivity contribution is 5.89. The second-order valence-electron chi connectivity index (χ2n) is 5.51. The van der Waals surface area contributed by atoms with Crippen LogP contribution in [0, 0.1) is 5.92 Å². The molecule has 0 amide bonds. The summed E-state index contributed by atoms with van der Waals surface area (Å²) >= 11 is 0. The van der Waals surface area contributed by atoms with Crippen LogP contribution in [0.4, 0.5) is 0 Å². The van der Waals surface area contributed by atoms with Crippen molar-refractivity contribution < 1.29 is 4.79 Å². The molecule has 0 aliphatic heterocycles. The summed E-state index contributed by atoms with van der Waals surface area (Å²) in [6.07, 6.45) is 2.98. The number of benzene rings is 1. The van der Waals surface area contributed by atoms with E-state index in [1.807, 2.05) is 44.2 Å². The number of carbonyl (C=O) groups is 1. The molecule has 1 aromatic rings. The topological polar surface area (TPSA) is 17.1 Å². The second kappa shape index (κ2) is 6.00. The minimum atomic E-state index is -0.358. The number of carbonyl (C=O) groups excluding carboxylic acids is 1. The van der Waals surface area contributed by atoms with Gasteiger partial charge in [-0.25, -0.2) is 0 Å². The molecule has 0 N–H and O–H groups in total. The number of Topliss-reactive ketones (excluding diaryl/α,β-unsaturated/α-hetero) is 1. The molecule has 0 spiro atoms. The van der Waals surface area contributed by atoms with Crippen LogP contribution in [-0.2, 0) is 10.2 Å². The third kappa shape index (κ3) is 3.69. The molecule has 0 saturated carbocycles. The maximum absolute atomic E-state index is 12.4. The molecule has 0 radical (unpaired) electrons. The molecule has 1 aromatic carbocycles. The van der Waals surface area contributed by atoms with Crippen molar-refractivity contribution in [2.24, 2.45) is 5.92 Å². The molecule has 1 rings (SSSR count). The molecule has 1 nitrogen and oxygen atoms in total. The lowest BCUT2D eigenvalue weighted by molar-refractivity contribution is -0.124. The van der Waals surface area contributed by atoms with Crippen LogP contribution < -0.4 is 0 Å². The molecule has 1 heteroatoms. The summed E-state index contributed by atoms with van der Waals surface area (Å²) in [6.45, 7) is 8.40. The first kappa shape index (κ1) is 14.0. The zero-order valence-electron chi connectivity index (χ0n) is 11.5. The minimum Gasteiger partial charge on any atom is -0.299 e. The predicted octanol–water partition coefficient (Wildman–Crippen LogP) is 4.36. The summed E-state index contributed by atoms with van der Waals surface area (Å²) in [4.78, 5) is 12.4. The Morgan fingerprint density at radius 3 is 2.35 bits per heavy atom. The smallest absolute Gasteiger partial charge is 0.143 e. The first-order chi connectivity index (χ1) is 7.98. The Labute approximate surface area is 105 Å². The van der Waals surface area contributed by atoms with Gasteiger partial charge in [-0.3, -0.25) is 4.79 Å². The van der Waals surface area contributed by atoms with Crippen molar-refractivity contribution in [1.29, 1.82) is 0 Å². The lowest BCUT2D eigenvalue weighted by Crippen LogP contribution is -2.30. The van der Waals surface area contributed by atoms with Crippen molar-refractivity contribution in [1.82, 2.24) is 0 Å². The summed E-state index contributed by atoms with van der Waals surface area (Å²) in [7, 11) is 0. The fourth-order valence-corrected chi connectivity index (χ4v) is 2.18. The van der Waals surface area contributed by atoms with Gasteiger partial charge >= 0.3 is 0 Å². The van der Waals surface area contributed by atoms with Gasteiger partial charge in [-0.2, -0.15) is 0 Å². The van der Waals surface area contributed by atoms with Crippen LogP contribution in [0.15, 0.2) is 30.3 Å². The number of hydrogen-bond donors (Lipinski definition) is 0. The Morgan fingerprint density at radius 1 is 1.24 bits per heavy atom. The summed E-state index contributed by atoms with van der Waals surface area (Å²) < 4.78 is 0. The highest BCUT2D eigenvalue weighted by Crippen LogP contribution is 2.27. The zero-order chi connectivity index (χ0) is 12.9. The van der Waals surface area contributed by atoms with E-state index in [1.165, 1.54) is 0 Å².